The van der Waals surface area contributed by atoms with Crippen LogP contribution in [0.25, 0.3) is 6.08 Å². The molecule has 0 aliphatic carbocycles. The third-order valence-electron chi connectivity index (χ3n) is 6.56. The van der Waals surface area contributed by atoms with Crippen LogP contribution in [0.4, 0.5) is 10.5 Å². The predicted molar refractivity (Wildman–Crippen MR) is 149 cm³/mol. The molecule has 8 nitrogen and oxygen atoms in total. The lowest BCUT2D eigenvalue weighted by Gasteiger charge is -2.26. The number of carbonyl (C=O) groups excluding carboxylic acids is 3. The highest BCUT2D eigenvalue weighted by Gasteiger charge is 2.36. The second-order valence-electron chi connectivity index (χ2n) is 9.28. The number of methoxy groups -OCH3 is 1. The monoisotopic (exact) mass is 528 g/mol. The number of imide groups is 2. The van der Waals surface area contributed by atoms with Crippen LogP contribution in [0, 0.1) is 6.92 Å². The highest BCUT2D eigenvalue weighted by Crippen LogP contribution is 2.30. The normalized spacial score (nSPS) is 15.2. The van der Waals surface area contributed by atoms with Gasteiger partial charge in [-0.3, -0.25) is 14.9 Å². The fourth-order valence-electron chi connectivity index (χ4n) is 4.09. The van der Waals surface area contributed by atoms with Gasteiger partial charge in [0, 0.05) is 0 Å². The van der Waals surface area contributed by atoms with Gasteiger partial charge in [0.1, 0.15) is 24.5 Å². The number of urea groups is 1. The summed E-state index contributed by atoms with van der Waals surface area (Å²) >= 11 is 0. The van der Waals surface area contributed by atoms with E-state index in [4.69, 9.17) is 14.2 Å². The molecule has 4 amide bonds. The number of hydrogen-bond donors (Lipinski definition) is 1. The lowest BCUT2D eigenvalue weighted by molar-refractivity contribution is -0.122. The zero-order valence-electron chi connectivity index (χ0n) is 22.5. The molecule has 0 spiro atoms. The number of ether oxygens (including phenoxy) is 3. The summed E-state index contributed by atoms with van der Waals surface area (Å²) in [7, 11) is 1.50. The molecule has 3 aromatic carbocycles. The average molecular weight is 529 g/mol. The SMILES string of the molecule is CCC(C)c1ccc(OCCOc2ccc(/C=C3/C(=O)NC(=O)N(c4ccc(C)cc4)C3=O)cc2OC)cc1. The first-order valence-electron chi connectivity index (χ1n) is 12.8. The Kier molecular flexibility index (Phi) is 8.66. The number of nitrogens with zero attached hydrogens (tertiary/aromatic N) is 1. The number of aryl methyl sites for hydroxylation is 1. The molecule has 0 radical (unpaired) electrons. The molecule has 0 saturated carbocycles. The first kappa shape index (κ1) is 27.4. The van der Waals surface area contributed by atoms with Gasteiger partial charge in [0.25, 0.3) is 11.8 Å². The van der Waals surface area contributed by atoms with Crippen LogP contribution < -0.4 is 24.4 Å². The van der Waals surface area contributed by atoms with Crippen molar-refractivity contribution < 1.29 is 28.6 Å². The van der Waals surface area contributed by atoms with Crippen LogP contribution in [0.3, 0.4) is 0 Å². The van der Waals surface area contributed by atoms with Crippen molar-refractivity contribution in [3.63, 3.8) is 0 Å². The van der Waals surface area contributed by atoms with Gasteiger partial charge in [0.2, 0.25) is 0 Å². The third kappa shape index (κ3) is 6.46. The molecule has 0 aromatic heterocycles. The number of rotatable bonds is 10. The van der Waals surface area contributed by atoms with Gasteiger partial charge < -0.3 is 14.2 Å². The van der Waals surface area contributed by atoms with E-state index >= 15 is 0 Å². The molecule has 0 bridgehead atoms. The summed E-state index contributed by atoms with van der Waals surface area (Å²) in [6, 6.07) is 19.2. The minimum atomic E-state index is -0.791. The first-order valence-corrected chi connectivity index (χ1v) is 12.8. The molecule has 8 heteroatoms. The fourth-order valence-corrected chi connectivity index (χ4v) is 4.09. The predicted octanol–water partition coefficient (Wildman–Crippen LogP) is 5.64. The minimum Gasteiger partial charge on any atom is -0.493 e. The maximum absolute atomic E-state index is 13.1. The van der Waals surface area contributed by atoms with Crippen molar-refractivity contribution in [2.45, 2.75) is 33.1 Å². The van der Waals surface area contributed by atoms with Gasteiger partial charge >= 0.3 is 6.03 Å². The van der Waals surface area contributed by atoms with E-state index in [-0.39, 0.29) is 5.57 Å². The van der Waals surface area contributed by atoms with E-state index in [1.807, 2.05) is 19.1 Å². The Morgan fingerprint density at radius 3 is 2.26 bits per heavy atom. The molecule has 1 N–H and O–H groups in total. The van der Waals surface area contributed by atoms with Crippen molar-refractivity contribution in [3.05, 3.63) is 89.0 Å². The van der Waals surface area contributed by atoms with E-state index in [1.54, 1.807) is 42.5 Å². The molecule has 3 aromatic rings. The van der Waals surface area contributed by atoms with E-state index in [9.17, 15) is 14.4 Å². The van der Waals surface area contributed by atoms with Crippen molar-refractivity contribution in [3.8, 4) is 17.2 Å². The molecule has 1 unspecified atom stereocenters. The quantitative estimate of drug-likeness (QED) is 0.208. The highest BCUT2D eigenvalue weighted by molar-refractivity contribution is 6.39. The van der Waals surface area contributed by atoms with Crippen LogP contribution in [0.5, 0.6) is 17.2 Å². The number of anilines is 1. The molecular formula is C31H32N2O6. The Balaban J connectivity index is 1.42. The molecule has 39 heavy (non-hydrogen) atoms. The van der Waals surface area contributed by atoms with Crippen molar-refractivity contribution in [1.82, 2.24) is 5.32 Å². The van der Waals surface area contributed by atoms with Gasteiger partial charge in [-0.25, -0.2) is 9.69 Å². The summed E-state index contributed by atoms with van der Waals surface area (Å²) in [6.07, 6.45) is 2.50. The first-order chi connectivity index (χ1) is 18.8. The summed E-state index contributed by atoms with van der Waals surface area (Å²) in [6.45, 7) is 6.89. The Morgan fingerprint density at radius 2 is 1.59 bits per heavy atom. The standard InChI is InChI=1S/C31H32N2O6/c1-5-21(3)23-9-13-25(14-10-23)38-16-17-39-27-15-8-22(19-28(27)37-4)18-26-29(34)32-31(36)33(30(26)35)24-11-6-20(2)7-12-24/h6-15,18-19,21H,5,16-17H2,1-4H3,(H,32,34,36)/b26-18-. The van der Waals surface area contributed by atoms with Gasteiger partial charge in [0.15, 0.2) is 11.5 Å². The molecule has 1 saturated heterocycles. The Labute approximate surface area is 228 Å². The molecular weight excluding hydrogens is 496 g/mol. The van der Waals surface area contributed by atoms with Crippen LogP contribution in [0.2, 0.25) is 0 Å². The second kappa shape index (κ2) is 12.3. The van der Waals surface area contributed by atoms with Crippen molar-refractivity contribution >= 4 is 29.6 Å². The summed E-state index contributed by atoms with van der Waals surface area (Å²) < 4.78 is 17.1. The van der Waals surface area contributed by atoms with Crippen LogP contribution in [0.15, 0.2) is 72.3 Å². The second-order valence-corrected chi connectivity index (χ2v) is 9.28. The molecule has 1 heterocycles. The summed E-state index contributed by atoms with van der Waals surface area (Å²) in [4.78, 5) is 39.0. The van der Waals surface area contributed by atoms with Crippen molar-refractivity contribution in [2.75, 3.05) is 25.2 Å². The molecule has 1 atom stereocenters. The molecule has 4 rings (SSSR count). The number of amides is 4. The number of carbonyl (C=O) groups is 3. The smallest absolute Gasteiger partial charge is 0.335 e. The van der Waals surface area contributed by atoms with E-state index in [0.717, 1.165) is 22.6 Å². The van der Waals surface area contributed by atoms with Gasteiger partial charge in [-0.05, 0) is 72.9 Å². The van der Waals surface area contributed by atoms with Crippen LogP contribution in [-0.4, -0.2) is 38.2 Å². The minimum absolute atomic E-state index is 0.168. The zero-order valence-corrected chi connectivity index (χ0v) is 22.5. The van der Waals surface area contributed by atoms with E-state index in [1.165, 1.54) is 18.7 Å². The Hall–Kier alpha value is -4.59. The Bertz CT molecular complexity index is 1380. The fraction of sp³-hybridized carbons (Fsp3) is 0.258. The van der Waals surface area contributed by atoms with Gasteiger partial charge in [-0.15, -0.1) is 0 Å². The Morgan fingerprint density at radius 1 is 0.897 bits per heavy atom. The number of hydrogen-bond acceptors (Lipinski definition) is 6. The number of barbiturate groups is 1. The lowest BCUT2D eigenvalue weighted by Crippen LogP contribution is -2.54. The number of nitrogens with one attached hydrogen (secondary N) is 1. The highest BCUT2D eigenvalue weighted by atomic mass is 16.5. The van der Waals surface area contributed by atoms with Gasteiger partial charge in [-0.1, -0.05) is 49.7 Å². The van der Waals surface area contributed by atoms with Crippen LogP contribution in [-0.2, 0) is 9.59 Å². The third-order valence-corrected chi connectivity index (χ3v) is 6.56. The van der Waals surface area contributed by atoms with Gasteiger partial charge in [-0.2, -0.15) is 0 Å². The van der Waals surface area contributed by atoms with E-state index in [0.29, 0.717) is 41.9 Å². The number of benzene rings is 3. The topological polar surface area (TPSA) is 94.2 Å². The van der Waals surface area contributed by atoms with Crippen LogP contribution in [0.1, 0.15) is 42.9 Å². The van der Waals surface area contributed by atoms with Crippen molar-refractivity contribution in [1.29, 1.82) is 0 Å². The molecule has 1 aliphatic heterocycles. The summed E-state index contributed by atoms with van der Waals surface area (Å²) in [5.74, 6) is 0.730. The molecule has 202 valence electrons. The summed E-state index contributed by atoms with van der Waals surface area (Å²) in [5.41, 5.74) is 3.00. The maximum Gasteiger partial charge on any atom is 0.335 e. The average Bonchev–Trinajstić information content (AvgIpc) is 2.94. The zero-order chi connectivity index (χ0) is 27.9. The van der Waals surface area contributed by atoms with Crippen LogP contribution >= 0.6 is 0 Å². The van der Waals surface area contributed by atoms with Gasteiger partial charge in [0.05, 0.1) is 12.8 Å². The molecule has 1 aliphatic rings. The van der Waals surface area contributed by atoms with Crippen molar-refractivity contribution in [2.24, 2.45) is 0 Å². The maximum atomic E-state index is 13.1. The van der Waals surface area contributed by atoms with E-state index < -0.39 is 17.8 Å². The van der Waals surface area contributed by atoms with E-state index in [2.05, 4.69) is 31.3 Å². The summed E-state index contributed by atoms with van der Waals surface area (Å²) in [5, 5.41) is 2.23. The largest absolute Gasteiger partial charge is 0.493 e. The molecule has 1 fully saturated rings. The lowest BCUT2D eigenvalue weighted by atomic mass is 9.99.